The van der Waals surface area contributed by atoms with Crippen molar-refractivity contribution in [2.24, 2.45) is 0 Å². The van der Waals surface area contributed by atoms with E-state index in [0.717, 1.165) is 31.2 Å². The first kappa shape index (κ1) is 12.4. The van der Waals surface area contributed by atoms with Crippen molar-refractivity contribution in [2.45, 2.75) is 37.8 Å². The molecule has 0 radical (unpaired) electrons. The summed E-state index contributed by atoms with van der Waals surface area (Å²) in [7, 11) is 0. The number of hydrogen-bond acceptors (Lipinski definition) is 4. The van der Waals surface area contributed by atoms with Crippen LogP contribution in [0.1, 0.15) is 25.0 Å². The third-order valence-corrected chi connectivity index (χ3v) is 3.84. The van der Waals surface area contributed by atoms with Gasteiger partial charge in [-0.2, -0.15) is 0 Å². The van der Waals surface area contributed by atoms with Crippen LogP contribution in [0.4, 0.5) is 5.69 Å². The van der Waals surface area contributed by atoms with E-state index in [1.807, 2.05) is 0 Å². The molecule has 5 heteroatoms. The second-order valence-electron chi connectivity index (χ2n) is 5.54. The van der Waals surface area contributed by atoms with E-state index >= 15 is 0 Å². The van der Waals surface area contributed by atoms with Gasteiger partial charge in [0.25, 0.3) is 0 Å². The van der Waals surface area contributed by atoms with Gasteiger partial charge >= 0.3 is 0 Å². The molecule has 0 spiro atoms. The van der Waals surface area contributed by atoms with Crippen LogP contribution in [-0.4, -0.2) is 41.0 Å². The van der Waals surface area contributed by atoms with Gasteiger partial charge in [-0.15, -0.1) is 0 Å². The maximum absolute atomic E-state index is 11.9. The van der Waals surface area contributed by atoms with Gasteiger partial charge in [0, 0.05) is 30.9 Å². The molecule has 1 atom stereocenters. The number of rotatable bonds is 4. The number of carbonyl (C=O) groups is 1. The van der Waals surface area contributed by atoms with Gasteiger partial charge in [-0.3, -0.25) is 14.7 Å². The summed E-state index contributed by atoms with van der Waals surface area (Å²) in [4.78, 5) is 18.6. The topological polar surface area (TPSA) is 71.2 Å². The van der Waals surface area contributed by atoms with Crippen LogP contribution in [0.3, 0.4) is 0 Å². The minimum Gasteiger partial charge on any atom is -0.397 e. The molecule has 1 saturated heterocycles. The Labute approximate surface area is 113 Å². The molecule has 1 saturated carbocycles. The molecule has 3 rings (SSSR count). The number of nitrogens with two attached hydrogens (primary N) is 1. The van der Waals surface area contributed by atoms with Crippen LogP contribution in [0.25, 0.3) is 0 Å². The number of nitrogens with zero attached hydrogens (tertiary/aromatic N) is 2. The quantitative estimate of drug-likeness (QED) is 0.830. The highest BCUT2D eigenvalue weighted by Gasteiger charge is 2.34. The summed E-state index contributed by atoms with van der Waals surface area (Å²) >= 11 is 0. The molecule has 0 aromatic carbocycles. The van der Waals surface area contributed by atoms with Crippen molar-refractivity contribution in [3.8, 4) is 0 Å². The lowest BCUT2D eigenvalue weighted by molar-refractivity contribution is -0.121. The van der Waals surface area contributed by atoms with Crippen molar-refractivity contribution in [3.63, 3.8) is 0 Å². The molecule has 1 aromatic heterocycles. The van der Waals surface area contributed by atoms with E-state index < -0.39 is 0 Å². The number of nitrogen functional groups attached to an aromatic ring is 1. The third-order valence-electron chi connectivity index (χ3n) is 3.84. The molecular weight excluding hydrogens is 240 g/mol. The number of amides is 1. The standard InChI is InChI=1S/C14H20N4O/c15-10-1-2-11(16-8-10)7-14(19)17-12-5-6-18(9-12)13-3-4-13/h1-2,8,12-13H,3-7,9,15H2,(H,17,19). The second-order valence-corrected chi connectivity index (χ2v) is 5.54. The summed E-state index contributed by atoms with van der Waals surface area (Å²) in [5.41, 5.74) is 6.96. The SMILES string of the molecule is Nc1ccc(CC(=O)NC2CCN(C3CC3)C2)nc1. The van der Waals surface area contributed by atoms with E-state index in [9.17, 15) is 4.79 Å². The predicted molar refractivity (Wildman–Crippen MR) is 73.5 cm³/mol. The molecule has 5 nitrogen and oxygen atoms in total. The largest absolute Gasteiger partial charge is 0.397 e. The Bertz CT molecular complexity index is 455. The molecule has 19 heavy (non-hydrogen) atoms. The summed E-state index contributed by atoms with van der Waals surface area (Å²) < 4.78 is 0. The zero-order valence-corrected chi connectivity index (χ0v) is 11.0. The lowest BCUT2D eigenvalue weighted by Gasteiger charge is -2.15. The maximum atomic E-state index is 11.9. The molecule has 1 aliphatic heterocycles. The Balaban J connectivity index is 1.47. The Kier molecular flexibility index (Phi) is 3.38. The van der Waals surface area contributed by atoms with E-state index in [0.29, 0.717) is 18.2 Å². The van der Waals surface area contributed by atoms with Crippen LogP contribution < -0.4 is 11.1 Å². The molecule has 2 heterocycles. The normalized spacial score (nSPS) is 23.5. The van der Waals surface area contributed by atoms with E-state index in [1.165, 1.54) is 12.8 Å². The lowest BCUT2D eigenvalue weighted by Crippen LogP contribution is -2.38. The number of aromatic nitrogens is 1. The maximum Gasteiger partial charge on any atom is 0.226 e. The van der Waals surface area contributed by atoms with E-state index in [-0.39, 0.29) is 5.91 Å². The molecule has 3 N–H and O–H groups in total. The number of carbonyl (C=O) groups excluding carboxylic acids is 1. The van der Waals surface area contributed by atoms with Crippen LogP contribution >= 0.6 is 0 Å². The number of likely N-dealkylation sites (tertiary alicyclic amines) is 1. The Morgan fingerprint density at radius 3 is 2.95 bits per heavy atom. The van der Waals surface area contributed by atoms with Gasteiger partial charge in [0.05, 0.1) is 18.3 Å². The zero-order chi connectivity index (χ0) is 13.2. The van der Waals surface area contributed by atoms with Crippen LogP contribution in [-0.2, 0) is 11.2 Å². The van der Waals surface area contributed by atoms with Gasteiger partial charge < -0.3 is 11.1 Å². The first-order chi connectivity index (χ1) is 9.20. The molecule has 2 fully saturated rings. The van der Waals surface area contributed by atoms with Gasteiger partial charge in [0.1, 0.15) is 0 Å². The van der Waals surface area contributed by atoms with Crippen molar-refractivity contribution >= 4 is 11.6 Å². The number of hydrogen-bond donors (Lipinski definition) is 2. The number of nitrogens with one attached hydrogen (secondary N) is 1. The average Bonchev–Trinajstić information content (AvgIpc) is 3.14. The van der Waals surface area contributed by atoms with Gasteiger partial charge in [-0.25, -0.2) is 0 Å². The second kappa shape index (κ2) is 5.17. The van der Waals surface area contributed by atoms with E-state index in [1.54, 1.807) is 18.3 Å². The van der Waals surface area contributed by atoms with Crippen molar-refractivity contribution in [2.75, 3.05) is 18.8 Å². The van der Waals surface area contributed by atoms with Crippen LogP contribution in [0.2, 0.25) is 0 Å². The lowest BCUT2D eigenvalue weighted by atomic mass is 10.2. The van der Waals surface area contributed by atoms with Crippen molar-refractivity contribution in [3.05, 3.63) is 24.0 Å². The molecule has 1 aromatic rings. The first-order valence-corrected chi connectivity index (χ1v) is 6.94. The van der Waals surface area contributed by atoms with Gasteiger partial charge in [0.2, 0.25) is 5.91 Å². The fourth-order valence-corrected chi connectivity index (χ4v) is 2.66. The van der Waals surface area contributed by atoms with Crippen molar-refractivity contribution in [1.82, 2.24) is 15.2 Å². The molecule has 0 bridgehead atoms. The summed E-state index contributed by atoms with van der Waals surface area (Å²) in [5, 5.41) is 3.10. The highest BCUT2D eigenvalue weighted by atomic mass is 16.1. The van der Waals surface area contributed by atoms with Crippen molar-refractivity contribution < 1.29 is 4.79 Å². The Morgan fingerprint density at radius 1 is 1.42 bits per heavy atom. The number of pyridine rings is 1. The summed E-state index contributed by atoms with van der Waals surface area (Å²) in [6.45, 7) is 2.13. The first-order valence-electron chi connectivity index (χ1n) is 6.94. The van der Waals surface area contributed by atoms with E-state index in [4.69, 9.17) is 5.73 Å². The smallest absolute Gasteiger partial charge is 0.226 e. The minimum absolute atomic E-state index is 0.0555. The Morgan fingerprint density at radius 2 is 2.26 bits per heavy atom. The fraction of sp³-hybridized carbons (Fsp3) is 0.571. The summed E-state index contributed by atoms with van der Waals surface area (Å²) in [6, 6.07) is 4.68. The summed E-state index contributed by atoms with van der Waals surface area (Å²) in [6.07, 6.45) is 5.65. The number of anilines is 1. The predicted octanol–water partition coefficient (Wildman–Crippen LogP) is 0.559. The van der Waals surface area contributed by atoms with Gasteiger partial charge in [-0.05, 0) is 31.4 Å². The molecule has 102 valence electrons. The third kappa shape index (κ3) is 3.23. The zero-order valence-electron chi connectivity index (χ0n) is 11.0. The molecule has 1 unspecified atom stereocenters. The summed E-state index contributed by atoms with van der Waals surface area (Å²) in [5.74, 6) is 0.0555. The monoisotopic (exact) mass is 260 g/mol. The molecule has 2 aliphatic rings. The van der Waals surface area contributed by atoms with E-state index in [2.05, 4.69) is 15.2 Å². The van der Waals surface area contributed by atoms with Crippen LogP contribution in [0.5, 0.6) is 0 Å². The highest BCUT2D eigenvalue weighted by Crippen LogP contribution is 2.29. The fourth-order valence-electron chi connectivity index (χ4n) is 2.66. The van der Waals surface area contributed by atoms with Crippen LogP contribution in [0, 0.1) is 0 Å². The molecular formula is C14H20N4O. The minimum atomic E-state index is 0.0555. The molecule has 1 amide bonds. The molecule has 1 aliphatic carbocycles. The highest BCUT2D eigenvalue weighted by molar-refractivity contribution is 5.78. The average molecular weight is 260 g/mol. The van der Waals surface area contributed by atoms with Gasteiger partial charge in [0.15, 0.2) is 0 Å². The van der Waals surface area contributed by atoms with Crippen molar-refractivity contribution in [1.29, 1.82) is 0 Å². The Hall–Kier alpha value is -1.62. The van der Waals surface area contributed by atoms with Gasteiger partial charge in [-0.1, -0.05) is 0 Å². The van der Waals surface area contributed by atoms with Crippen LogP contribution in [0.15, 0.2) is 18.3 Å².